The van der Waals surface area contributed by atoms with E-state index < -0.39 is 16.6 Å². The minimum absolute atomic E-state index is 0.484. The van der Waals surface area contributed by atoms with Gasteiger partial charge in [0.25, 0.3) is 0 Å². The molecule has 0 aliphatic heterocycles. The lowest BCUT2D eigenvalue weighted by Gasteiger charge is -2.23. The molecule has 0 saturated heterocycles. The van der Waals surface area contributed by atoms with Crippen molar-refractivity contribution >= 4 is 28.2 Å². The maximum Gasteiger partial charge on any atom is 0.244 e. The first-order valence-electron chi connectivity index (χ1n) is 5.61. The summed E-state index contributed by atoms with van der Waals surface area (Å²) in [4.78, 5) is 4.17. The normalized spacial score (nSPS) is 12.4. The molecule has 0 N–H and O–H groups in total. The first kappa shape index (κ1) is 14.5. The second kappa shape index (κ2) is 5.00. The van der Waals surface area contributed by atoms with Gasteiger partial charge in [0.2, 0.25) is 22.5 Å². The van der Waals surface area contributed by atoms with Crippen molar-refractivity contribution in [2.24, 2.45) is 0 Å². The minimum atomic E-state index is -1.70. The Morgan fingerprint density at radius 1 is 1.00 bits per heavy atom. The molecule has 1 heterocycles. The Morgan fingerprint density at radius 2 is 1.53 bits per heavy atom. The molecule has 0 bridgehead atoms. The van der Waals surface area contributed by atoms with Crippen LogP contribution in [0.5, 0.6) is 11.6 Å². The molecule has 0 aliphatic carbocycles. The summed E-state index contributed by atoms with van der Waals surface area (Å²) < 4.78 is 11.7. The van der Waals surface area contributed by atoms with Gasteiger partial charge < -0.3 is 8.85 Å². The second-order valence-electron chi connectivity index (χ2n) is 5.86. The van der Waals surface area contributed by atoms with Gasteiger partial charge in [0, 0.05) is 6.20 Å². The van der Waals surface area contributed by atoms with E-state index in [4.69, 9.17) is 20.5 Å². The summed E-state index contributed by atoms with van der Waals surface area (Å²) in [5.74, 6) is 1.16. The van der Waals surface area contributed by atoms with E-state index in [-0.39, 0.29) is 0 Å². The predicted molar refractivity (Wildman–Crippen MR) is 77.2 cm³/mol. The van der Waals surface area contributed by atoms with E-state index in [1.807, 2.05) is 0 Å². The fraction of sp³-hybridized carbons (Fsp3) is 0.545. The molecule has 3 nitrogen and oxygen atoms in total. The number of aromatic nitrogens is 1. The topological polar surface area (TPSA) is 31.4 Å². The standard InChI is InChI=1S/C11H20ClNO2Si2/c1-16(2,3)14-9-7-8-13-11(10(9)12)15-17(4,5)6/h7-8H,1-6H3. The second-order valence-corrected chi connectivity index (χ2v) is 15.1. The van der Waals surface area contributed by atoms with Crippen LogP contribution in [0.2, 0.25) is 44.3 Å². The van der Waals surface area contributed by atoms with Gasteiger partial charge in [0.15, 0.2) is 0 Å². The Kier molecular flexibility index (Phi) is 4.27. The fourth-order valence-corrected chi connectivity index (χ4v) is 3.06. The van der Waals surface area contributed by atoms with E-state index in [1.165, 1.54) is 0 Å². The van der Waals surface area contributed by atoms with Crippen LogP contribution in [-0.2, 0) is 0 Å². The zero-order chi connectivity index (χ0) is 13.3. The monoisotopic (exact) mass is 289 g/mol. The Morgan fingerprint density at radius 3 is 2.00 bits per heavy atom. The summed E-state index contributed by atoms with van der Waals surface area (Å²) in [6.07, 6.45) is 1.68. The highest BCUT2D eigenvalue weighted by Crippen LogP contribution is 2.34. The van der Waals surface area contributed by atoms with Crippen molar-refractivity contribution in [3.63, 3.8) is 0 Å². The third-order valence-electron chi connectivity index (χ3n) is 1.64. The Balaban J connectivity index is 3.00. The highest BCUT2D eigenvalue weighted by molar-refractivity contribution is 6.71. The predicted octanol–water partition coefficient (Wildman–Crippen LogP) is 4.16. The van der Waals surface area contributed by atoms with Gasteiger partial charge in [0.1, 0.15) is 10.8 Å². The lowest BCUT2D eigenvalue weighted by atomic mass is 10.4. The molecule has 6 heteroatoms. The highest BCUT2D eigenvalue weighted by atomic mass is 35.5. The number of pyridine rings is 1. The molecular weight excluding hydrogens is 270 g/mol. The van der Waals surface area contributed by atoms with Crippen molar-refractivity contribution in [2.75, 3.05) is 0 Å². The van der Waals surface area contributed by atoms with Gasteiger partial charge in [-0.05, 0) is 45.3 Å². The molecule has 1 aromatic rings. The largest absolute Gasteiger partial charge is 0.543 e. The maximum absolute atomic E-state index is 6.25. The van der Waals surface area contributed by atoms with Gasteiger partial charge in [-0.2, -0.15) is 0 Å². The molecule has 0 saturated carbocycles. The third-order valence-corrected chi connectivity index (χ3v) is 3.63. The van der Waals surface area contributed by atoms with Crippen molar-refractivity contribution in [3.8, 4) is 11.6 Å². The fourth-order valence-electron chi connectivity index (χ4n) is 1.18. The molecule has 0 radical (unpaired) electrons. The summed E-state index contributed by atoms with van der Waals surface area (Å²) >= 11 is 6.25. The van der Waals surface area contributed by atoms with E-state index in [0.717, 1.165) is 0 Å². The van der Waals surface area contributed by atoms with Crippen molar-refractivity contribution in [1.29, 1.82) is 0 Å². The molecule has 0 unspecified atom stereocenters. The van der Waals surface area contributed by atoms with Crippen molar-refractivity contribution in [2.45, 2.75) is 39.3 Å². The third kappa shape index (κ3) is 5.10. The van der Waals surface area contributed by atoms with Gasteiger partial charge in [-0.1, -0.05) is 11.6 Å². The number of hydrogen-bond donors (Lipinski definition) is 0. The lowest BCUT2D eigenvalue weighted by molar-refractivity contribution is 0.516. The molecule has 0 spiro atoms. The van der Waals surface area contributed by atoms with Crippen molar-refractivity contribution < 1.29 is 8.85 Å². The average Bonchev–Trinajstić information content (AvgIpc) is 2.07. The van der Waals surface area contributed by atoms with Crippen molar-refractivity contribution in [3.05, 3.63) is 17.3 Å². The smallest absolute Gasteiger partial charge is 0.244 e. The van der Waals surface area contributed by atoms with Crippen LogP contribution in [0.4, 0.5) is 0 Å². The lowest BCUT2D eigenvalue weighted by Crippen LogP contribution is -2.31. The van der Waals surface area contributed by atoms with Crippen LogP contribution in [0.15, 0.2) is 12.3 Å². The molecular formula is C11H20ClNO2Si2. The van der Waals surface area contributed by atoms with Crippen LogP contribution in [0.1, 0.15) is 0 Å². The highest BCUT2D eigenvalue weighted by Gasteiger charge is 2.23. The van der Waals surface area contributed by atoms with Gasteiger partial charge in [-0.15, -0.1) is 0 Å². The number of halogens is 1. The van der Waals surface area contributed by atoms with E-state index in [9.17, 15) is 0 Å². The van der Waals surface area contributed by atoms with Gasteiger partial charge in [-0.3, -0.25) is 0 Å². The number of rotatable bonds is 4. The van der Waals surface area contributed by atoms with Gasteiger partial charge in [0.05, 0.1) is 0 Å². The minimum Gasteiger partial charge on any atom is -0.543 e. The Hall–Kier alpha value is -0.526. The van der Waals surface area contributed by atoms with E-state index in [1.54, 1.807) is 12.3 Å². The summed E-state index contributed by atoms with van der Waals surface area (Å²) in [5.41, 5.74) is 0. The van der Waals surface area contributed by atoms with Gasteiger partial charge >= 0.3 is 0 Å². The van der Waals surface area contributed by atoms with Crippen LogP contribution in [0.25, 0.3) is 0 Å². The molecule has 0 aliphatic rings. The quantitative estimate of drug-likeness (QED) is 0.780. The van der Waals surface area contributed by atoms with Crippen LogP contribution in [-0.4, -0.2) is 21.6 Å². The van der Waals surface area contributed by atoms with Crippen LogP contribution >= 0.6 is 11.6 Å². The molecule has 1 rings (SSSR count). The average molecular weight is 290 g/mol. The number of hydrogen-bond acceptors (Lipinski definition) is 3. The molecule has 0 amide bonds. The maximum atomic E-state index is 6.25. The van der Waals surface area contributed by atoms with E-state index in [2.05, 4.69) is 44.3 Å². The Labute approximate surface area is 110 Å². The summed E-state index contributed by atoms with van der Waals surface area (Å²) in [6, 6.07) is 1.79. The van der Waals surface area contributed by atoms with E-state index >= 15 is 0 Å². The molecule has 1 aromatic heterocycles. The summed E-state index contributed by atoms with van der Waals surface area (Å²) in [7, 11) is -3.37. The number of nitrogens with zero attached hydrogens (tertiary/aromatic N) is 1. The zero-order valence-corrected chi connectivity index (χ0v) is 14.1. The summed E-state index contributed by atoms with van der Waals surface area (Å²) in [5, 5.41) is 0.484. The molecule has 0 atom stereocenters. The molecule has 96 valence electrons. The molecule has 17 heavy (non-hydrogen) atoms. The Bertz CT molecular complexity index is 365. The van der Waals surface area contributed by atoms with Gasteiger partial charge in [-0.25, -0.2) is 4.98 Å². The molecule has 0 aromatic carbocycles. The van der Waals surface area contributed by atoms with Crippen molar-refractivity contribution in [1.82, 2.24) is 4.98 Å². The first-order valence-corrected chi connectivity index (χ1v) is 12.8. The van der Waals surface area contributed by atoms with Crippen LogP contribution in [0.3, 0.4) is 0 Å². The molecule has 0 fully saturated rings. The zero-order valence-electron chi connectivity index (χ0n) is 11.3. The SMILES string of the molecule is C[Si](C)(C)Oc1ccnc(O[Si](C)(C)C)c1Cl. The van der Waals surface area contributed by atoms with E-state index in [0.29, 0.717) is 16.7 Å². The first-order chi connectivity index (χ1) is 7.58. The van der Waals surface area contributed by atoms with Crippen LogP contribution < -0.4 is 8.85 Å². The summed E-state index contributed by atoms with van der Waals surface area (Å²) in [6.45, 7) is 12.6. The van der Waals surface area contributed by atoms with Crippen LogP contribution in [0, 0.1) is 0 Å².